The standard InChI is InChI=1S/C13H14N4/c1-10-5-3-7-13(11(10)2)17-9-12(15-16-17)6-4-8-14/h3,5,7,9H,4,6H2,1-2H3. The SMILES string of the molecule is Cc1cccc(-n2cc(CCC#N)nn2)c1C. The monoisotopic (exact) mass is 226 g/mol. The molecule has 0 aliphatic rings. The second kappa shape index (κ2) is 4.79. The van der Waals surface area contributed by atoms with Crippen LogP contribution in [0.3, 0.4) is 0 Å². The molecule has 4 nitrogen and oxygen atoms in total. The molecule has 86 valence electrons. The minimum absolute atomic E-state index is 0.478. The molecule has 1 aromatic heterocycles. The molecule has 0 spiro atoms. The van der Waals surface area contributed by atoms with E-state index in [1.807, 2.05) is 18.3 Å². The number of hydrogen-bond acceptors (Lipinski definition) is 3. The Bertz CT molecular complexity index is 563. The van der Waals surface area contributed by atoms with Gasteiger partial charge in [0.1, 0.15) is 0 Å². The van der Waals surface area contributed by atoms with Crippen LogP contribution in [0, 0.1) is 25.2 Å². The summed E-state index contributed by atoms with van der Waals surface area (Å²) in [6.45, 7) is 4.15. The van der Waals surface area contributed by atoms with Crippen LogP contribution in [0.1, 0.15) is 23.2 Å². The first-order chi connectivity index (χ1) is 8.22. The van der Waals surface area contributed by atoms with Crippen LogP contribution in [0.15, 0.2) is 24.4 Å². The van der Waals surface area contributed by atoms with E-state index < -0.39 is 0 Å². The number of nitrogens with zero attached hydrogens (tertiary/aromatic N) is 4. The highest BCUT2D eigenvalue weighted by Crippen LogP contribution is 2.16. The van der Waals surface area contributed by atoms with E-state index >= 15 is 0 Å². The number of benzene rings is 1. The van der Waals surface area contributed by atoms with E-state index in [1.54, 1.807) is 4.68 Å². The van der Waals surface area contributed by atoms with Crippen molar-refractivity contribution in [2.75, 3.05) is 0 Å². The normalized spacial score (nSPS) is 10.2. The van der Waals surface area contributed by atoms with E-state index in [1.165, 1.54) is 11.1 Å². The largest absolute Gasteiger partial charge is 0.220 e. The molecule has 4 heteroatoms. The minimum Gasteiger partial charge on any atom is -0.220 e. The maximum atomic E-state index is 8.53. The molecule has 1 aromatic carbocycles. The Morgan fingerprint density at radius 2 is 2.18 bits per heavy atom. The summed E-state index contributed by atoms with van der Waals surface area (Å²) in [7, 11) is 0. The van der Waals surface area contributed by atoms with E-state index in [9.17, 15) is 0 Å². The maximum absolute atomic E-state index is 8.53. The molecule has 0 saturated carbocycles. The predicted octanol–water partition coefficient (Wildman–Crippen LogP) is 2.34. The Morgan fingerprint density at radius 3 is 2.94 bits per heavy atom. The Kier molecular flexibility index (Phi) is 3.20. The van der Waals surface area contributed by atoms with Crippen molar-refractivity contribution in [1.29, 1.82) is 5.26 Å². The van der Waals surface area contributed by atoms with Crippen LogP contribution in [-0.2, 0) is 6.42 Å². The Hall–Kier alpha value is -2.15. The molecule has 0 unspecified atom stereocenters. The highest BCUT2D eigenvalue weighted by atomic mass is 15.4. The lowest BCUT2D eigenvalue weighted by Crippen LogP contribution is -1.99. The Balaban J connectivity index is 2.31. The second-order valence-electron chi connectivity index (χ2n) is 4.03. The molecule has 2 aromatic rings. The molecule has 0 aliphatic carbocycles. The number of nitriles is 1. The lowest BCUT2D eigenvalue weighted by Gasteiger charge is -2.06. The Labute approximate surface area is 101 Å². The molecule has 17 heavy (non-hydrogen) atoms. The number of hydrogen-bond donors (Lipinski definition) is 0. The summed E-state index contributed by atoms with van der Waals surface area (Å²) >= 11 is 0. The van der Waals surface area contributed by atoms with Crippen molar-refractivity contribution in [2.45, 2.75) is 26.7 Å². The van der Waals surface area contributed by atoms with Gasteiger partial charge in [0.05, 0.1) is 23.6 Å². The van der Waals surface area contributed by atoms with Crippen LogP contribution in [-0.4, -0.2) is 15.0 Å². The van der Waals surface area contributed by atoms with Gasteiger partial charge in [0, 0.05) is 12.8 Å². The molecule has 0 saturated heterocycles. The van der Waals surface area contributed by atoms with E-state index in [2.05, 4.69) is 36.3 Å². The predicted molar refractivity (Wildman–Crippen MR) is 64.8 cm³/mol. The van der Waals surface area contributed by atoms with Gasteiger partial charge >= 0.3 is 0 Å². The molecule has 0 bridgehead atoms. The third kappa shape index (κ3) is 2.34. The summed E-state index contributed by atoms with van der Waals surface area (Å²) in [6.07, 6.45) is 3.02. The van der Waals surface area contributed by atoms with Crippen LogP contribution in [0.4, 0.5) is 0 Å². The quantitative estimate of drug-likeness (QED) is 0.807. The van der Waals surface area contributed by atoms with Crippen molar-refractivity contribution in [1.82, 2.24) is 15.0 Å². The lowest BCUT2D eigenvalue weighted by atomic mass is 10.1. The van der Waals surface area contributed by atoms with Gasteiger partial charge in [-0.15, -0.1) is 5.10 Å². The summed E-state index contributed by atoms with van der Waals surface area (Å²) in [4.78, 5) is 0. The first kappa shape index (κ1) is 11.3. The van der Waals surface area contributed by atoms with Crippen LogP contribution in [0.2, 0.25) is 0 Å². The fraction of sp³-hybridized carbons (Fsp3) is 0.308. The summed E-state index contributed by atoms with van der Waals surface area (Å²) in [5.41, 5.74) is 4.33. The molecule has 0 atom stereocenters. The topological polar surface area (TPSA) is 54.5 Å². The average Bonchev–Trinajstić information content (AvgIpc) is 2.78. The van der Waals surface area contributed by atoms with Gasteiger partial charge < -0.3 is 0 Å². The fourth-order valence-corrected chi connectivity index (χ4v) is 1.70. The van der Waals surface area contributed by atoms with Crippen LogP contribution >= 0.6 is 0 Å². The summed E-state index contributed by atoms with van der Waals surface area (Å²) in [5, 5.41) is 16.7. The van der Waals surface area contributed by atoms with E-state index in [0.29, 0.717) is 12.8 Å². The van der Waals surface area contributed by atoms with Crippen LogP contribution in [0.25, 0.3) is 5.69 Å². The number of aryl methyl sites for hydroxylation is 2. The van der Waals surface area contributed by atoms with Gasteiger partial charge in [-0.3, -0.25) is 0 Å². The van der Waals surface area contributed by atoms with E-state index in [-0.39, 0.29) is 0 Å². The fourth-order valence-electron chi connectivity index (χ4n) is 1.70. The minimum atomic E-state index is 0.478. The van der Waals surface area contributed by atoms with E-state index in [0.717, 1.165) is 11.4 Å². The summed E-state index contributed by atoms with van der Waals surface area (Å²) in [5.74, 6) is 0. The van der Waals surface area contributed by atoms with Gasteiger partial charge in [0.2, 0.25) is 0 Å². The van der Waals surface area contributed by atoms with Crippen molar-refractivity contribution in [2.24, 2.45) is 0 Å². The molecule has 0 N–H and O–H groups in total. The number of rotatable bonds is 3. The zero-order valence-electron chi connectivity index (χ0n) is 10.0. The molecule has 0 fully saturated rings. The Morgan fingerprint density at radius 1 is 1.35 bits per heavy atom. The smallest absolute Gasteiger partial charge is 0.0842 e. The van der Waals surface area contributed by atoms with Gasteiger partial charge in [-0.05, 0) is 31.0 Å². The van der Waals surface area contributed by atoms with Gasteiger partial charge in [0.25, 0.3) is 0 Å². The zero-order chi connectivity index (χ0) is 12.3. The average molecular weight is 226 g/mol. The third-order valence-electron chi connectivity index (χ3n) is 2.86. The summed E-state index contributed by atoms with van der Waals surface area (Å²) in [6, 6.07) is 8.21. The second-order valence-corrected chi connectivity index (χ2v) is 4.03. The molecule has 0 aliphatic heterocycles. The van der Waals surface area contributed by atoms with Gasteiger partial charge in [-0.25, -0.2) is 4.68 Å². The molecular formula is C13H14N4. The zero-order valence-corrected chi connectivity index (χ0v) is 10.0. The molecule has 2 rings (SSSR count). The van der Waals surface area contributed by atoms with Crippen LogP contribution < -0.4 is 0 Å². The summed E-state index contributed by atoms with van der Waals surface area (Å²) < 4.78 is 1.77. The number of aromatic nitrogens is 3. The van der Waals surface area contributed by atoms with Crippen molar-refractivity contribution < 1.29 is 0 Å². The van der Waals surface area contributed by atoms with Gasteiger partial charge in [-0.1, -0.05) is 17.3 Å². The van der Waals surface area contributed by atoms with Crippen molar-refractivity contribution in [3.05, 3.63) is 41.2 Å². The first-order valence-electron chi connectivity index (χ1n) is 5.57. The molecule has 0 amide bonds. The lowest BCUT2D eigenvalue weighted by molar-refractivity contribution is 0.790. The van der Waals surface area contributed by atoms with Gasteiger partial charge in [0.15, 0.2) is 0 Å². The third-order valence-corrected chi connectivity index (χ3v) is 2.86. The molecule has 0 radical (unpaired) electrons. The van der Waals surface area contributed by atoms with Crippen molar-refractivity contribution in [3.8, 4) is 11.8 Å². The highest BCUT2D eigenvalue weighted by Gasteiger charge is 2.06. The highest BCUT2D eigenvalue weighted by molar-refractivity contribution is 5.43. The van der Waals surface area contributed by atoms with Crippen LogP contribution in [0.5, 0.6) is 0 Å². The van der Waals surface area contributed by atoms with Crippen molar-refractivity contribution in [3.63, 3.8) is 0 Å². The van der Waals surface area contributed by atoms with E-state index in [4.69, 9.17) is 5.26 Å². The van der Waals surface area contributed by atoms with Crippen molar-refractivity contribution >= 4 is 0 Å². The molecule has 1 heterocycles. The molecular weight excluding hydrogens is 212 g/mol. The van der Waals surface area contributed by atoms with Gasteiger partial charge in [-0.2, -0.15) is 5.26 Å². The maximum Gasteiger partial charge on any atom is 0.0842 e. The first-order valence-corrected chi connectivity index (χ1v) is 5.57.